The number of rotatable bonds is 5. The topological polar surface area (TPSA) is 64.7 Å². The standard InChI is InChI=1S/C19H28N4O2/c24-18-8-12-23(13-9-20-18)19(25)21-14-17-7-11-22(15-17)10-6-16-4-2-1-3-5-16/h1-5,17H,6-15H2,(H,20,24)(H,21,25)/t17-/m1/s1. The van der Waals surface area contributed by atoms with E-state index in [1.165, 1.54) is 5.56 Å². The molecule has 6 nitrogen and oxygen atoms in total. The van der Waals surface area contributed by atoms with Crippen molar-refractivity contribution in [1.29, 1.82) is 0 Å². The number of benzene rings is 1. The van der Waals surface area contributed by atoms with E-state index in [1.54, 1.807) is 4.90 Å². The largest absolute Gasteiger partial charge is 0.354 e. The van der Waals surface area contributed by atoms with Crippen LogP contribution in [0.3, 0.4) is 0 Å². The van der Waals surface area contributed by atoms with Crippen LogP contribution in [0.5, 0.6) is 0 Å². The highest BCUT2D eigenvalue weighted by Gasteiger charge is 2.24. The summed E-state index contributed by atoms with van der Waals surface area (Å²) in [5, 5.41) is 5.85. The van der Waals surface area contributed by atoms with Gasteiger partial charge in [0.1, 0.15) is 0 Å². The highest BCUT2D eigenvalue weighted by Crippen LogP contribution is 2.16. The van der Waals surface area contributed by atoms with Gasteiger partial charge in [0, 0.05) is 45.7 Å². The quantitative estimate of drug-likeness (QED) is 0.840. The summed E-state index contributed by atoms with van der Waals surface area (Å²) in [5.74, 6) is 0.548. The zero-order valence-electron chi connectivity index (χ0n) is 14.7. The van der Waals surface area contributed by atoms with Gasteiger partial charge in [-0.25, -0.2) is 4.79 Å². The lowest BCUT2D eigenvalue weighted by Crippen LogP contribution is -2.43. The molecule has 3 amide bonds. The summed E-state index contributed by atoms with van der Waals surface area (Å²) in [4.78, 5) is 27.8. The fraction of sp³-hybridized carbons (Fsp3) is 0.579. The number of urea groups is 1. The minimum Gasteiger partial charge on any atom is -0.354 e. The van der Waals surface area contributed by atoms with E-state index in [9.17, 15) is 9.59 Å². The van der Waals surface area contributed by atoms with Crippen molar-refractivity contribution in [3.63, 3.8) is 0 Å². The molecule has 2 heterocycles. The van der Waals surface area contributed by atoms with Gasteiger partial charge in [-0.05, 0) is 30.9 Å². The van der Waals surface area contributed by atoms with Gasteiger partial charge in [0.05, 0.1) is 0 Å². The highest BCUT2D eigenvalue weighted by atomic mass is 16.2. The molecule has 0 radical (unpaired) electrons. The lowest BCUT2D eigenvalue weighted by atomic mass is 10.1. The van der Waals surface area contributed by atoms with Crippen LogP contribution in [0.15, 0.2) is 30.3 Å². The second-order valence-electron chi connectivity index (χ2n) is 6.96. The molecule has 6 heteroatoms. The third-order valence-electron chi connectivity index (χ3n) is 5.07. The average Bonchev–Trinajstić information content (AvgIpc) is 2.98. The van der Waals surface area contributed by atoms with Crippen LogP contribution in [0.2, 0.25) is 0 Å². The van der Waals surface area contributed by atoms with Crippen molar-refractivity contribution in [2.24, 2.45) is 5.92 Å². The van der Waals surface area contributed by atoms with Crippen LogP contribution >= 0.6 is 0 Å². The summed E-state index contributed by atoms with van der Waals surface area (Å²) in [5.41, 5.74) is 1.38. The van der Waals surface area contributed by atoms with Gasteiger partial charge >= 0.3 is 6.03 Å². The van der Waals surface area contributed by atoms with Gasteiger partial charge < -0.3 is 20.4 Å². The Morgan fingerprint density at radius 3 is 2.88 bits per heavy atom. The van der Waals surface area contributed by atoms with Crippen molar-refractivity contribution < 1.29 is 9.59 Å². The lowest BCUT2D eigenvalue weighted by molar-refractivity contribution is -0.120. The van der Waals surface area contributed by atoms with Gasteiger partial charge in [0.25, 0.3) is 0 Å². The third kappa shape index (κ3) is 5.46. The monoisotopic (exact) mass is 344 g/mol. The molecule has 1 atom stereocenters. The van der Waals surface area contributed by atoms with Crippen LogP contribution in [0, 0.1) is 5.92 Å². The number of nitrogens with zero attached hydrogens (tertiary/aromatic N) is 2. The van der Waals surface area contributed by atoms with E-state index in [4.69, 9.17) is 0 Å². The molecule has 0 bridgehead atoms. The molecule has 0 spiro atoms. The molecule has 2 aliphatic rings. The second-order valence-corrected chi connectivity index (χ2v) is 6.96. The zero-order chi connectivity index (χ0) is 17.5. The van der Waals surface area contributed by atoms with E-state index in [1.807, 2.05) is 6.07 Å². The maximum absolute atomic E-state index is 12.3. The Labute approximate surface area is 149 Å². The first-order chi connectivity index (χ1) is 12.2. The molecule has 2 fully saturated rings. The number of carbonyl (C=O) groups excluding carboxylic acids is 2. The van der Waals surface area contributed by atoms with E-state index in [2.05, 4.69) is 39.8 Å². The smallest absolute Gasteiger partial charge is 0.317 e. The highest BCUT2D eigenvalue weighted by molar-refractivity contribution is 5.79. The van der Waals surface area contributed by atoms with E-state index in [-0.39, 0.29) is 11.9 Å². The summed E-state index contributed by atoms with van der Waals surface area (Å²) in [7, 11) is 0. The third-order valence-corrected chi connectivity index (χ3v) is 5.07. The molecule has 0 unspecified atom stereocenters. The lowest BCUT2D eigenvalue weighted by Gasteiger charge is -2.21. The van der Waals surface area contributed by atoms with Gasteiger partial charge in [-0.1, -0.05) is 30.3 Å². The van der Waals surface area contributed by atoms with Crippen LogP contribution in [0.1, 0.15) is 18.4 Å². The van der Waals surface area contributed by atoms with Crippen LogP contribution < -0.4 is 10.6 Å². The number of amides is 3. The summed E-state index contributed by atoms with van der Waals surface area (Å²) < 4.78 is 0. The first-order valence-electron chi connectivity index (χ1n) is 9.26. The molecule has 2 saturated heterocycles. The van der Waals surface area contributed by atoms with Crippen molar-refractivity contribution in [2.45, 2.75) is 19.3 Å². The Kier molecular flexibility index (Phi) is 6.28. The summed E-state index contributed by atoms with van der Waals surface area (Å²) in [6.45, 7) is 5.59. The summed E-state index contributed by atoms with van der Waals surface area (Å²) in [6, 6.07) is 10.5. The molecular formula is C19H28N4O2. The first-order valence-corrected chi connectivity index (χ1v) is 9.26. The number of hydrogen-bond acceptors (Lipinski definition) is 3. The molecule has 0 aromatic heterocycles. The van der Waals surface area contributed by atoms with E-state index < -0.39 is 0 Å². The Bertz CT molecular complexity index is 578. The van der Waals surface area contributed by atoms with Crippen LogP contribution in [-0.2, 0) is 11.2 Å². The predicted octanol–water partition coefficient (Wildman–Crippen LogP) is 1.08. The van der Waals surface area contributed by atoms with Crippen LogP contribution in [0.25, 0.3) is 0 Å². The molecule has 1 aromatic rings. The zero-order valence-corrected chi connectivity index (χ0v) is 14.7. The molecule has 3 rings (SSSR count). The minimum absolute atomic E-state index is 0.0279. The van der Waals surface area contributed by atoms with Gasteiger partial charge in [-0.15, -0.1) is 0 Å². The number of hydrogen-bond donors (Lipinski definition) is 2. The maximum atomic E-state index is 12.3. The van der Waals surface area contributed by atoms with Gasteiger partial charge in [-0.3, -0.25) is 4.79 Å². The van der Waals surface area contributed by atoms with Gasteiger partial charge in [-0.2, -0.15) is 0 Å². The molecule has 0 aliphatic carbocycles. The fourth-order valence-corrected chi connectivity index (χ4v) is 3.53. The molecule has 136 valence electrons. The minimum atomic E-state index is -0.0424. The summed E-state index contributed by atoms with van der Waals surface area (Å²) >= 11 is 0. The van der Waals surface area contributed by atoms with Crippen LogP contribution in [-0.4, -0.2) is 67.6 Å². The van der Waals surface area contributed by atoms with Crippen molar-refractivity contribution in [2.75, 3.05) is 45.8 Å². The normalized spacial score (nSPS) is 21.7. The van der Waals surface area contributed by atoms with Crippen molar-refractivity contribution in [1.82, 2.24) is 20.4 Å². The molecule has 2 N–H and O–H groups in total. The Hall–Kier alpha value is -2.08. The van der Waals surface area contributed by atoms with Gasteiger partial charge in [0.15, 0.2) is 0 Å². The van der Waals surface area contributed by atoms with E-state index in [0.717, 1.165) is 39.0 Å². The molecule has 1 aromatic carbocycles. The number of likely N-dealkylation sites (tertiary alicyclic amines) is 1. The first kappa shape index (κ1) is 17.7. The second kappa shape index (κ2) is 8.85. The molecular weight excluding hydrogens is 316 g/mol. The van der Waals surface area contributed by atoms with Crippen molar-refractivity contribution >= 4 is 11.9 Å². The SMILES string of the molecule is O=C1CCN(C(=O)NC[C@H]2CCN(CCc3ccccc3)C2)CCN1. The number of carbonyl (C=O) groups is 2. The molecule has 25 heavy (non-hydrogen) atoms. The fourth-order valence-electron chi connectivity index (χ4n) is 3.53. The molecule has 0 saturated carbocycles. The van der Waals surface area contributed by atoms with E-state index >= 15 is 0 Å². The Morgan fingerprint density at radius 1 is 1.20 bits per heavy atom. The maximum Gasteiger partial charge on any atom is 0.317 e. The number of nitrogens with one attached hydrogen (secondary N) is 2. The predicted molar refractivity (Wildman–Crippen MR) is 97.3 cm³/mol. The molecule has 2 aliphatic heterocycles. The van der Waals surface area contributed by atoms with Crippen molar-refractivity contribution in [3.8, 4) is 0 Å². The van der Waals surface area contributed by atoms with Crippen molar-refractivity contribution in [3.05, 3.63) is 35.9 Å². The average molecular weight is 344 g/mol. The van der Waals surface area contributed by atoms with Crippen LogP contribution in [0.4, 0.5) is 4.79 Å². The Morgan fingerprint density at radius 2 is 2.04 bits per heavy atom. The van der Waals surface area contributed by atoms with Gasteiger partial charge in [0.2, 0.25) is 5.91 Å². The summed E-state index contributed by atoms with van der Waals surface area (Å²) in [6.07, 6.45) is 2.61. The van der Waals surface area contributed by atoms with E-state index in [0.29, 0.717) is 32.0 Å². The Balaban J connectivity index is 1.35.